The highest BCUT2D eigenvalue weighted by molar-refractivity contribution is 5.58. The molecular formula is C15H15N5. The molecule has 2 aromatic heterocycles. The lowest BCUT2D eigenvalue weighted by molar-refractivity contribution is 0.687. The molecule has 3 rings (SSSR count). The number of nitrogens with two attached hydrogens (primary N) is 1. The predicted octanol–water partition coefficient (Wildman–Crippen LogP) is 2.65. The first kappa shape index (κ1) is 12.2. The number of rotatable bonds is 4. The van der Waals surface area contributed by atoms with Crippen molar-refractivity contribution in [1.82, 2.24) is 14.8 Å². The summed E-state index contributed by atoms with van der Waals surface area (Å²) in [4.78, 5) is 4.20. The molecule has 1 aromatic carbocycles. The Morgan fingerprint density at radius 3 is 2.80 bits per heavy atom. The van der Waals surface area contributed by atoms with Crippen molar-refractivity contribution in [1.29, 1.82) is 0 Å². The van der Waals surface area contributed by atoms with Crippen molar-refractivity contribution in [2.24, 2.45) is 0 Å². The summed E-state index contributed by atoms with van der Waals surface area (Å²) in [6.07, 6.45) is 5.39. The molecule has 3 aromatic rings. The second-order valence-corrected chi connectivity index (χ2v) is 4.51. The van der Waals surface area contributed by atoms with Crippen molar-refractivity contribution >= 4 is 17.2 Å². The Balaban J connectivity index is 1.71. The zero-order chi connectivity index (χ0) is 13.8. The molecule has 0 unspecified atom stereocenters. The monoisotopic (exact) mass is 265 g/mol. The SMILES string of the molecule is Nc1ccnc(Nc2cnn(Cc3ccccc3)c2)c1. The predicted molar refractivity (Wildman–Crippen MR) is 79.7 cm³/mol. The molecular weight excluding hydrogens is 250 g/mol. The summed E-state index contributed by atoms with van der Waals surface area (Å²) in [5.74, 6) is 0.712. The zero-order valence-electron chi connectivity index (χ0n) is 10.9. The first-order valence-corrected chi connectivity index (χ1v) is 6.34. The number of nitrogens with zero attached hydrogens (tertiary/aromatic N) is 3. The van der Waals surface area contributed by atoms with E-state index in [0.717, 1.165) is 12.2 Å². The van der Waals surface area contributed by atoms with Crippen LogP contribution in [0.25, 0.3) is 0 Å². The first-order valence-electron chi connectivity index (χ1n) is 6.34. The number of nitrogens with one attached hydrogen (secondary N) is 1. The molecule has 0 aliphatic carbocycles. The topological polar surface area (TPSA) is 68.8 Å². The maximum atomic E-state index is 5.72. The van der Waals surface area contributed by atoms with E-state index in [-0.39, 0.29) is 0 Å². The third-order valence-corrected chi connectivity index (χ3v) is 2.88. The fourth-order valence-electron chi connectivity index (χ4n) is 1.95. The van der Waals surface area contributed by atoms with Gasteiger partial charge >= 0.3 is 0 Å². The number of hydrogen-bond donors (Lipinski definition) is 2. The lowest BCUT2D eigenvalue weighted by Crippen LogP contribution is -1.99. The van der Waals surface area contributed by atoms with Crippen molar-refractivity contribution < 1.29 is 0 Å². The van der Waals surface area contributed by atoms with Gasteiger partial charge in [-0.25, -0.2) is 4.98 Å². The maximum absolute atomic E-state index is 5.72. The van der Waals surface area contributed by atoms with E-state index < -0.39 is 0 Å². The van der Waals surface area contributed by atoms with E-state index in [0.29, 0.717) is 11.5 Å². The van der Waals surface area contributed by atoms with Crippen LogP contribution in [0.4, 0.5) is 17.2 Å². The van der Waals surface area contributed by atoms with E-state index in [1.807, 2.05) is 29.1 Å². The lowest BCUT2D eigenvalue weighted by Gasteiger charge is -2.03. The Labute approximate surface area is 117 Å². The van der Waals surface area contributed by atoms with Gasteiger partial charge in [0.1, 0.15) is 5.82 Å². The summed E-state index contributed by atoms with van der Waals surface area (Å²) < 4.78 is 1.88. The molecule has 0 fully saturated rings. The summed E-state index contributed by atoms with van der Waals surface area (Å²) in [7, 11) is 0. The Kier molecular flexibility index (Phi) is 3.33. The van der Waals surface area contributed by atoms with E-state index >= 15 is 0 Å². The van der Waals surface area contributed by atoms with Gasteiger partial charge in [-0.2, -0.15) is 5.10 Å². The smallest absolute Gasteiger partial charge is 0.132 e. The lowest BCUT2D eigenvalue weighted by atomic mass is 10.2. The second-order valence-electron chi connectivity index (χ2n) is 4.51. The molecule has 5 heteroatoms. The van der Waals surface area contributed by atoms with Gasteiger partial charge in [-0.05, 0) is 11.6 Å². The summed E-state index contributed by atoms with van der Waals surface area (Å²) in [5, 5.41) is 7.50. The van der Waals surface area contributed by atoms with Crippen LogP contribution in [-0.4, -0.2) is 14.8 Å². The van der Waals surface area contributed by atoms with Gasteiger partial charge in [0.05, 0.1) is 18.4 Å². The summed E-state index contributed by atoms with van der Waals surface area (Å²) in [5.41, 5.74) is 8.50. The van der Waals surface area contributed by atoms with Crippen LogP contribution >= 0.6 is 0 Å². The highest BCUT2D eigenvalue weighted by Gasteiger charge is 2.01. The van der Waals surface area contributed by atoms with Gasteiger partial charge in [0, 0.05) is 24.1 Å². The summed E-state index contributed by atoms with van der Waals surface area (Å²) >= 11 is 0. The van der Waals surface area contributed by atoms with E-state index in [4.69, 9.17) is 5.73 Å². The van der Waals surface area contributed by atoms with Gasteiger partial charge in [0.15, 0.2) is 0 Å². The molecule has 0 radical (unpaired) electrons. The van der Waals surface area contributed by atoms with Crippen LogP contribution in [0, 0.1) is 0 Å². The van der Waals surface area contributed by atoms with E-state index in [1.165, 1.54) is 5.56 Å². The molecule has 0 saturated carbocycles. The van der Waals surface area contributed by atoms with Crippen molar-refractivity contribution in [3.63, 3.8) is 0 Å². The molecule has 0 bridgehead atoms. The van der Waals surface area contributed by atoms with Gasteiger partial charge in [-0.3, -0.25) is 4.68 Å². The van der Waals surface area contributed by atoms with Gasteiger partial charge in [0.2, 0.25) is 0 Å². The third-order valence-electron chi connectivity index (χ3n) is 2.88. The van der Waals surface area contributed by atoms with E-state index in [2.05, 4.69) is 27.5 Å². The first-order chi connectivity index (χ1) is 9.79. The van der Waals surface area contributed by atoms with Crippen LogP contribution in [0.5, 0.6) is 0 Å². The van der Waals surface area contributed by atoms with Gasteiger partial charge in [-0.1, -0.05) is 30.3 Å². The molecule has 3 N–H and O–H groups in total. The molecule has 0 aliphatic rings. The number of hydrogen-bond acceptors (Lipinski definition) is 4. The number of anilines is 3. The average Bonchev–Trinajstić information content (AvgIpc) is 2.87. The van der Waals surface area contributed by atoms with Crippen LogP contribution < -0.4 is 11.1 Å². The van der Waals surface area contributed by atoms with Gasteiger partial charge in [-0.15, -0.1) is 0 Å². The summed E-state index contributed by atoms with van der Waals surface area (Å²) in [6.45, 7) is 0.743. The standard InChI is InChI=1S/C15H15N5/c16-13-6-7-17-15(8-13)19-14-9-18-20(11-14)10-12-4-2-1-3-5-12/h1-9,11H,10H2,(H3,16,17,19). The molecule has 20 heavy (non-hydrogen) atoms. The van der Waals surface area contributed by atoms with Gasteiger partial charge in [0.25, 0.3) is 0 Å². The molecule has 0 aliphatic heterocycles. The zero-order valence-corrected chi connectivity index (χ0v) is 10.9. The fourth-order valence-corrected chi connectivity index (χ4v) is 1.95. The minimum atomic E-state index is 0.680. The minimum Gasteiger partial charge on any atom is -0.399 e. The quantitative estimate of drug-likeness (QED) is 0.761. The van der Waals surface area contributed by atoms with E-state index in [9.17, 15) is 0 Å². The van der Waals surface area contributed by atoms with Crippen LogP contribution in [0.3, 0.4) is 0 Å². The second kappa shape index (κ2) is 5.44. The molecule has 5 nitrogen and oxygen atoms in total. The Bertz CT molecular complexity index is 690. The molecule has 0 amide bonds. The fraction of sp³-hybridized carbons (Fsp3) is 0.0667. The number of nitrogen functional groups attached to an aromatic ring is 1. The molecule has 100 valence electrons. The maximum Gasteiger partial charge on any atom is 0.132 e. The Hall–Kier alpha value is -2.82. The molecule has 0 saturated heterocycles. The van der Waals surface area contributed by atoms with Crippen molar-refractivity contribution in [3.8, 4) is 0 Å². The Morgan fingerprint density at radius 2 is 2.00 bits per heavy atom. The molecule has 0 spiro atoms. The normalized spacial score (nSPS) is 10.4. The Morgan fingerprint density at radius 1 is 1.15 bits per heavy atom. The number of benzene rings is 1. The van der Waals surface area contributed by atoms with Crippen LogP contribution in [-0.2, 0) is 6.54 Å². The highest BCUT2D eigenvalue weighted by atomic mass is 15.3. The largest absolute Gasteiger partial charge is 0.399 e. The van der Waals surface area contributed by atoms with Crippen molar-refractivity contribution in [3.05, 3.63) is 66.6 Å². The number of aromatic nitrogens is 3. The van der Waals surface area contributed by atoms with Gasteiger partial charge < -0.3 is 11.1 Å². The van der Waals surface area contributed by atoms with Crippen LogP contribution in [0.1, 0.15) is 5.56 Å². The number of pyridine rings is 1. The van der Waals surface area contributed by atoms with Crippen LogP contribution in [0.2, 0.25) is 0 Å². The van der Waals surface area contributed by atoms with Crippen molar-refractivity contribution in [2.75, 3.05) is 11.1 Å². The molecule has 0 atom stereocenters. The van der Waals surface area contributed by atoms with Crippen molar-refractivity contribution in [2.45, 2.75) is 6.54 Å². The van der Waals surface area contributed by atoms with Crippen LogP contribution in [0.15, 0.2) is 61.1 Å². The average molecular weight is 265 g/mol. The summed E-state index contributed by atoms with van der Waals surface area (Å²) in [6, 6.07) is 13.7. The van der Waals surface area contributed by atoms with E-state index in [1.54, 1.807) is 24.5 Å². The molecule has 2 heterocycles. The minimum absolute atomic E-state index is 0.680. The third kappa shape index (κ3) is 2.95. The highest BCUT2D eigenvalue weighted by Crippen LogP contribution is 2.15.